The molecule has 5 nitrogen and oxygen atoms in total. The van der Waals surface area contributed by atoms with Gasteiger partial charge in [0.15, 0.2) is 0 Å². The van der Waals surface area contributed by atoms with Crippen LogP contribution in [0.4, 0.5) is 5.82 Å². The van der Waals surface area contributed by atoms with Crippen LogP contribution in [0.2, 0.25) is 0 Å². The predicted molar refractivity (Wildman–Crippen MR) is 72.9 cm³/mol. The Kier molecular flexibility index (Phi) is 3.47. The van der Waals surface area contributed by atoms with Crippen molar-refractivity contribution in [3.8, 4) is 5.75 Å². The first kappa shape index (κ1) is 12.8. The van der Waals surface area contributed by atoms with E-state index < -0.39 is 5.97 Å². The second-order valence-electron chi connectivity index (χ2n) is 3.66. The van der Waals surface area contributed by atoms with Crippen LogP contribution in [0.1, 0.15) is 17.3 Å². The van der Waals surface area contributed by atoms with Crippen molar-refractivity contribution >= 4 is 38.6 Å². The fourth-order valence-electron chi connectivity index (χ4n) is 1.83. The summed E-state index contributed by atoms with van der Waals surface area (Å²) in [5.41, 5.74) is 6.85. The number of ether oxygens (including phenoxy) is 2. The zero-order valence-corrected chi connectivity index (χ0v) is 11.6. The van der Waals surface area contributed by atoms with Gasteiger partial charge in [-0.05, 0) is 19.1 Å². The van der Waals surface area contributed by atoms with Crippen molar-refractivity contribution in [2.24, 2.45) is 0 Å². The minimum atomic E-state index is -0.443. The average molecular weight is 313 g/mol. The van der Waals surface area contributed by atoms with Crippen LogP contribution in [0.5, 0.6) is 5.75 Å². The summed E-state index contributed by atoms with van der Waals surface area (Å²) >= 11 is 3.37. The number of esters is 1. The van der Waals surface area contributed by atoms with Gasteiger partial charge >= 0.3 is 5.97 Å². The third-order valence-electron chi connectivity index (χ3n) is 2.56. The first-order valence-corrected chi connectivity index (χ1v) is 6.19. The van der Waals surface area contributed by atoms with Crippen molar-refractivity contribution in [3.05, 3.63) is 22.2 Å². The van der Waals surface area contributed by atoms with Gasteiger partial charge in [-0.1, -0.05) is 15.9 Å². The van der Waals surface area contributed by atoms with Crippen LogP contribution in [0, 0.1) is 0 Å². The first-order valence-electron chi connectivity index (χ1n) is 5.40. The first-order chi connectivity index (χ1) is 8.58. The number of nitrogens with one attached hydrogen (secondary N) is 1. The molecule has 0 aliphatic carbocycles. The van der Waals surface area contributed by atoms with Crippen LogP contribution in [0.15, 0.2) is 16.6 Å². The number of methoxy groups -OCH3 is 1. The van der Waals surface area contributed by atoms with Gasteiger partial charge in [0.05, 0.1) is 19.2 Å². The Morgan fingerprint density at radius 3 is 2.83 bits per heavy atom. The number of nitrogens with two attached hydrogens (primary N) is 1. The summed E-state index contributed by atoms with van der Waals surface area (Å²) in [6, 6.07) is 3.60. The van der Waals surface area contributed by atoms with E-state index in [2.05, 4.69) is 20.9 Å². The van der Waals surface area contributed by atoms with Gasteiger partial charge in [-0.3, -0.25) is 0 Å². The van der Waals surface area contributed by atoms with Crippen molar-refractivity contribution in [1.29, 1.82) is 0 Å². The highest BCUT2D eigenvalue weighted by Gasteiger charge is 2.20. The maximum atomic E-state index is 11.9. The Morgan fingerprint density at radius 1 is 1.50 bits per heavy atom. The van der Waals surface area contributed by atoms with E-state index >= 15 is 0 Å². The molecule has 2 rings (SSSR count). The molecule has 0 fully saturated rings. The van der Waals surface area contributed by atoms with E-state index in [1.165, 1.54) is 0 Å². The topological polar surface area (TPSA) is 77.3 Å². The predicted octanol–water partition coefficient (Wildman–Crippen LogP) is 2.70. The summed E-state index contributed by atoms with van der Waals surface area (Å²) in [5.74, 6) is 0.447. The number of hydrogen-bond donors (Lipinski definition) is 2. The lowest BCUT2D eigenvalue weighted by molar-refractivity contribution is 0.0530. The summed E-state index contributed by atoms with van der Waals surface area (Å²) in [4.78, 5) is 14.8. The Labute approximate surface area is 112 Å². The van der Waals surface area contributed by atoms with E-state index in [1.807, 2.05) is 0 Å². The molecule has 1 heterocycles. The molecular weight excluding hydrogens is 300 g/mol. The number of rotatable bonds is 3. The molecule has 2 aromatic rings. The molecule has 1 aromatic carbocycles. The molecule has 0 amide bonds. The number of fused-ring (bicyclic) bond motifs is 1. The normalized spacial score (nSPS) is 10.6. The Morgan fingerprint density at radius 2 is 2.22 bits per heavy atom. The van der Waals surface area contributed by atoms with Gasteiger partial charge in [-0.25, -0.2) is 4.79 Å². The van der Waals surface area contributed by atoms with Crippen LogP contribution >= 0.6 is 15.9 Å². The number of aromatic amines is 1. The summed E-state index contributed by atoms with van der Waals surface area (Å²) in [5, 5.41) is 0.678. The van der Waals surface area contributed by atoms with Crippen LogP contribution in [-0.2, 0) is 4.74 Å². The highest BCUT2D eigenvalue weighted by molar-refractivity contribution is 9.10. The van der Waals surface area contributed by atoms with E-state index in [4.69, 9.17) is 15.2 Å². The number of carbonyl (C=O) groups is 1. The number of anilines is 1. The molecule has 3 N–H and O–H groups in total. The van der Waals surface area contributed by atoms with Crippen molar-refractivity contribution < 1.29 is 14.3 Å². The summed E-state index contributed by atoms with van der Waals surface area (Å²) in [7, 11) is 1.56. The smallest absolute Gasteiger partial charge is 0.342 e. The number of benzene rings is 1. The quantitative estimate of drug-likeness (QED) is 0.854. The fraction of sp³-hybridized carbons (Fsp3) is 0.250. The number of carbonyl (C=O) groups excluding carboxylic acids is 1. The third-order valence-corrected chi connectivity index (χ3v) is 3.02. The average Bonchev–Trinajstić information content (AvgIpc) is 2.64. The lowest BCUT2D eigenvalue weighted by Crippen LogP contribution is -2.06. The monoisotopic (exact) mass is 312 g/mol. The molecule has 0 bridgehead atoms. The number of H-pyrrole nitrogens is 1. The molecule has 96 valence electrons. The Hall–Kier alpha value is -1.69. The van der Waals surface area contributed by atoms with Crippen molar-refractivity contribution in [3.63, 3.8) is 0 Å². The molecule has 0 radical (unpaired) electrons. The minimum absolute atomic E-state index is 0.278. The molecule has 0 aliphatic rings. The van der Waals surface area contributed by atoms with Crippen LogP contribution in [0.3, 0.4) is 0 Å². The summed E-state index contributed by atoms with van der Waals surface area (Å²) < 4.78 is 11.0. The van der Waals surface area contributed by atoms with Gasteiger partial charge in [0, 0.05) is 9.86 Å². The summed E-state index contributed by atoms with van der Waals surface area (Å²) in [6.07, 6.45) is 0. The molecule has 6 heteroatoms. The fourth-order valence-corrected chi connectivity index (χ4v) is 2.27. The molecule has 0 aliphatic heterocycles. The minimum Gasteiger partial charge on any atom is -0.495 e. The van der Waals surface area contributed by atoms with Gasteiger partial charge in [0.2, 0.25) is 0 Å². The molecule has 0 atom stereocenters. The molecule has 18 heavy (non-hydrogen) atoms. The summed E-state index contributed by atoms with van der Waals surface area (Å²) in [6.45, 7) is 2.05. The van der Waals surface area contributed by atoms with Crippen LogP contribution < -0.4 is 10.5 Å². The molecule has 0 saturated carbocycles. The number of halogens is 1. The maximum Gasteiger partial charge on any atom is 0.342 e. The van der Waals surface area contributed by atoms with Gasteiger partial charge in [0.25, 0.3) is 0 Å². The molecule has 0 saturated heterocycles. The van der Waals surface area contributed by atoms with E-state index in [0.29, 0.717) is 28.8 Å². The van der Waals surface area contributed by atoms with Crippen molar-refractivity contribution in [2.45, 2.75) is 6.92 Å². The van der Waals surface area contributed by atoms with Gasteiger partial charge in [-0.15, -0.1) is 0 Å². The molecule has 0 spiro atoms. The van der Waals surface area contributed by atoms with E-state index in [1.54, 1.807) is 26.2 Å². The van der Waals surface area contributed by atoms with Gasteiger partial charge < -0.3 is 20.2 Å². The lowest BCUT2D eigenvalue weighted by Gasteiger charge is -2.04. The second-order valence-corrected chi connectivity index (χ2v) is 4.58. The Balaban J connectivity index is 2.70. The van der Waals surface area contributed by atoms with E-state index in [0.717, 1.165) is 4.47 Å². The van der Waals surface area contributed by atoms with Crippen LogP contribution in [0.25, 0.3) is 10.9 Å². The second kappa shape index (κ2) is 4.89. The number of hydrogen-bond acceptors (Lipinski definition) is 4. The zero-order chi connectivity index (χ0) is 13.3. The van der Waals surface area contributed by atoms with E-state index in [-0.39, 0.29) is 5.82 Å². The largest absolute Gasteiger partial charge is 0.495 e. The molecular formula is C12H13BrN2O3. The SMILES string of the molecule is CCOC(=O)c1c(N)[nH]c2c(OC)cc(Br)cc12. The highest BCUT2D eigenvalue weighted by Crippen LogP contribution is 2.34. The van der Waals surface area contributed by atoms with Gasteiger partial charge in [-0.2, -0.15) is 0 Å². The number of aromatic nitrogens is 1. The number of nitrogen functional groups attached to an aromatic ring is 1. The van der Waals surface area contributed by atoms with Crippen LogP contribution in [-0.4, -0.2) is 24.7 Å². The molecule has 1 aromatic heterocycles. The van der Waals surface area contributed by atoms with E-state index in [9.17, 15) is 4.79 Å². The lowest BCUT2D eigenvalue weighted by atomic mass is 10.1. The highest BCUT2D eigenvalue weighted by atomic mass is 79.9. The van der Waals surface area contributed by atoms with Crippen molar-refractivity contribution in [1.82, 2.24) is 4.98 Å². The third kappa shape index (κ3) is 2.03. The standard InChI is InChI=1S/C12H13BrN2O3/c1-3-18-12(16)9-7-4-6(13)5-8(17-2)10(7)15-11(9)14/h4-5,15H,3,14H2,1-2H3. The van der Waals surface area contributed by atoms with Gasteiger partial charge in [0.1, 0.15) is 17.1 Å². The van der Waals surface area contributed by atoms with Crippen molar-refractivity contribution in [2.75, 3.05) is 19.5 Å². The zero-order valence-electron chi connectivity index (χ0n) is 10.0. The molecule has 0 unspecified atom stereocenters. The Bertz CT molecular complexity index is 607. The maximum absolute atomic E-state index is 11.9.